The van der Waals surface area contributed by atoms with Crippen molar-refractivity contribution in [2.75, 3.05) is 34.5 Å². The van der Waals surface area contributed by atoms with Gasteiger partial charge >= 0.3 is 0 Å². The number of aromatic hydroxyl groups is 1. The van der Waals surface area contributed by atoms with Crippen LogP contribution in [0.4, 0.5) is 0 Å². The van der Waals surface area contributed by atoms with Crippen LogP contribution in [0.5, 0.6) is 23.0 Å². The topological polar surface area (TPSA) is 97.3 Å². The molecule has 0 unspecified atom stereocenters. The van der Waals surface area contributed by atoms with Crippen LogP contribution in [-0.2, 0) is 17.6 Å². The van der Waals surface area contributed by atoms with E-state index in [2.05, 4.69) is 5.32 Å². The predicted molar refractivity (Wildman–Crippen MR) is 121 cm³/mol. The summed E-state index contributed by atoms with van der Waals surface area (Å²) in [7, 11) is 4.66. The lowest BCUT2D eigenvalue weighted by atomic mass is 9.82. The fourth-order valence-electron chi connectivity index (χ4n) is 3.92. The molecule has 32 heavy (non-hydrogen) atoms. The summed E-state index contributed by atoms with van der Waals surface area (Å²) in [6.45, 7) is 0.536. The minimum atomic E-state index is -0.443. The van der Waals surface area contributed by atoms with Gasteiger partial charge in [-0.1, -0.05) is 12.1 Å². The largest absolute Gasteiger partial charge is 0.504 e. The van der Waals surface area contributed by atoms with Gasteiger partial charge in [0.15, 0.2) is 23.0 Å². The molecule has 0 saturated heterocycles. The van der Waals surface area contributed by atoms with E-state index in [0.29, 0.717) is 42.6 Å². The zero-order chi connectivity index (χ0) is 23.1. The van der Waals surface area contributed by atoms with Crippen LogP contribution in [0.1, 0.15) is 24.0 Å². The molecular formula is C25H33NO6. The van der Waals surface area contributed by atoms with Crippen molar-refractivity contribution < 1.29 is 29.2 Å². The van der Waals surface area contributed by atoms with E-state index in [4.69, 9.17) is 14.2 Å². The molecule has 3 N–H and O–H groups in total. The van der Waals surface area contributed by atoms with Crippen molar-refractivity contribution in [2.45, 2.75) is 25.7 Å². The molecule has 1 fully saturated rings. The molecule has 1 aliphatic rings. The van der Waals surface area contributed by atoms with Crippen LogP contribution in [0.2, 0.25) is 0 Å². The number of ether oxygens (including phenoxy) is 3. The van der Waals surface area contributed by atoms with E-state index in [1.807, 2.05) is 18.2 Å². The number of methoxy groups -OCH3 is 3. The first kappa shape index (κ1) is 23.7. The maximum Gasteiger partial charge on any atom is 0.223 e. The van der Waals surface area contributed by atoms with E-state index in [0.717, 1.165) is 24.0 Å². The SMILES string of the molecule is COc1cc(C[C@@H](C(=O)NCC2CC2)[C@H](CO)Cc2ccc(OC)c(OC)c2)ccc1O. The van der Waals surface area contributed by atoms with Crippen molar-refractivity contribution in [1.29, 1.82) is 0 Å². The minimum Gasteiger partial charge on any atom is -0.504 e. The third kappa shape index (κ3) is 6.07. The molecule has 1 aliphatic carbocycles. The Hall–Kier alpha value is -2.93. The fourth-order valence-corrected chi connectivity index (χ4v) is 3.92. The van der Waals surface area contributed by atoms with Crippen LogP contribution in [-0.4, -0.2) is 50.6 Å². The molecule has 3 rings (SSSR count). The maximum absolute atomic E-state index is 13.2. The summed E-state index contributed by atoms with van der Waals surface area (Å²) in [5.74, 6) is 1.41. The summed E-state index contributed by atoms with van der Waals surface area (Å²) in [5.41, 5.74) is 1.81. The first-order valence-electron chi connectivity index (χ1n) is 10.9. The van der Waals surface area contributed by atoms with Crippen LogP contribution >= 0.6 is 0 Å². The van der Waals surface area contributed by atoms with Gasteiger partial charge in [0, 0.05) is 19.1 Å². The highest BCUT2D eigenvalue weighted by atomic mass is 16.5. The number of amides is 1. The van der Waals surface area contributed by atoms with Crippen LogP contribution in [0.3, 0.4) is 0 Å². The summed E-state index contributed by atoms with van der Waals surface area (Å²) >= 11 is 0. The molecular weight excluding hydrogens is 410 g/mol. The Balaban J connectivity index is 1.83. The molecule has 1 saturated carbocycles. The molecule has 2 aromatic carbocycles. The van der Waals surface area contributed by atoms with E-state index >= 15 is 0 Å². The molecule has 0 radical (unpaired) electrons. The number of carbonyl (C=O) groups is 1. The smallest absolute Gasteiger partial charge is 0.223 e. The van der Waals surface area contributed by atoms with Gasteiger partial charge in [0.1, 0.15) is 0 Å². The number of hydrogen-bond acceptors (Lipinski definition) is 6. The Morgan fingerprint density at radius 3 is 2.22 bits per heavy atom. The van der Waals surface area contributed by atoms with E-state index < -0.39 is 5.92 Å². The van der Waals surface area contributed by atoms with Gasteiger partial charge in [-0.2, -0.15) is 0 Å². The van der Waals surface area contributed by atoms with Crippen LogP contribution in [0.25, 0.3) is 0 Å². The van der Waals surface area contributed by atoms with E-state index in [9.17, 15) is 15.0 Å². The second-order valence-electron chi connectivity index (χ2n) is 8.34. The molecule has 174 valence electrons. The quantitative estimate of drug-likeness (QED) is 0.467. The van der Waals surface area contributed by atoms with Gasteiger partial charge in [-0.05, 0) is 72.9 Å². The highest BCUT2D eigenvalue weighted by molar-refractivity contribution is 5.79. The number of nitrogens with one attached hydrogen (secondary N) is 1. The average molecular weight is 444 g/mol. The summed E-state index contributed by atoms with van der Waals surface area (Å²) in [5, 5.41) is 23.2. The van der Waals surface area contributed by atoms with Crippen LogP contribution in [0, 0.1) is 17.8 Å². The number of carbonyl (C=O) groups excluding carboxylic acids is 1. The fraction of sp³-hybridized carbons (Fsp3) is 0.480. The van der Waals surface area contributed by atoms with Gasteiger partial charge in [-0.15, -0.1) is 0 Å². The number of phenols is 1. The van der Waals surface area contributed by atoms with Gasteiger partial charge in [0.25, 0.3) is 0 Å². The number of hydrogen-bond donors (Lipinski definition) is 3. The summed E-state index contributed by atoms with van der Waals surface area (Å²) < 4.78 is 15.9. The zero-order valence-corrected chi connectivity index (χ0v) is 19.0. The normalized spacial score (nSPS) is 15.0. The Morgan fingerprint density at radius 2 is 1.59 bits per heavy atom. The van der Waals surface area contributed by atoms with Crippen LogP contribution in [0.15, 0.2) is 36.4 Å². The molecule has 0 spiro atoms. The average Bonchev–Trinajstić information content (AvgIpc) is 3.65. The Kier molecular flexibility index (Phi) is 8.22. The van der Waals surface area contributed by atoms with E-state index in [1.54, 1.807) is 32.4 Å². The third-order valence-electron chi connectivity index (χ3n) is 6.05. The molecule has 0 aromatic heterocycles. The van der Waals surface area contributed by atoms with Gasteiger partial charge in [0.2, 0.25) is 5.91 Å². The van der Waals surface area contributed by atoms with Crippen molar-refractivity contribution in [2.24, 2.45) is 17.8 Å². The lowest BCUT2D eigenvalue weighted by Gasteiger charge is -2.26. The number of aliphatic hydroxyl groups excluding tert-OH is 1. The molecule has 2 atom stereocenters. The second-order valence-corrected chi connectivity index (χ2v) is 8.34. The first-order chi connectivity index (χ1) is 15.5. The minimum absolute atomic E-state index is 0.0509. The standard InChI is InChI=1S/C25H33NO6/c1-30-22-9-7-17(13-24(22)32-3)10-19(15-27)20(25(29)26-14-16-4-5-16)11-18-6-8-21(28)23(12-18)31-2/h6-9,12-13,16,19-20,27-28H,4-5,10-11,14-15H2,1-3H3,(H,26,29)/t19-,20+/m0/s1. The number of rotatable bonds is 12. The summed E-state index contributed by atoms with van der Waals surface area (Å²) in [6, 6.07) is 10.7. The molecule has 7 heteroatoms. The van der Waals surface area contributed by atoms with Gasteiger partial charge in [-0.3, -0.25) is 4.79 Å². The maximum atomic E-state index is 13.2. The number of aliphatic hydroxyl groups is 1. The van der Waals surface area contributed by atoms with Crippen molar-refractivity contribution in [3.8, 4) is 23.0 Å². The molecule has 0 aliphatic heterocycles. The number of phenolic OH excluding ortho intramolecular Hbond substituents is 1. The highest BCUT2D eigenvalue weighted by Gasteiger charge is 2.30. The molecule has 0 bridgehead atoms. The highest BCUT2D eigenvalue weighted by Crippen LogP contribution is 2.32. The third-order valence-corrected chi connectivity index (χ3v) is 6.05. The molecule has 0 heterocycles. The van der Waals surface area contributed by atoms with Crippen molar-refractivity contribution >= 4 is 5.91 Å². The molecule has 2 aromatic rings. The van der Waals surface area contributed by atoms with E-state index in [-0.39, 0.29) is 24.2 Å². The lowest BCUT2D eigenvalue weighted by molar-refractivity contribution is -0.127. The van der Waals surface area contributed by atoms with Crippen molar-refractivity contribution in [3.63, 3.8) is 0 Å². The monoisotopic (exact) mass is 443 g/mol. The van der Waals surface area contributed by atoms with E-state index in [1.165, 1.54) is 7.11 Å². The van der Waals surface area contributed by atoms with Gasteiger partial charge in [-0.25, -0.2) is 0 Å². The first-order valence-corrected chi connectivity index (χ1v) is 10.9. The second kappa shape index (κ2) is 11.1. The van der Waals surface area contributed by atoms with Crippen molar-refractivity contribution in [1.82, 2.24) is 5.32 Å². The van der Waals surface area contributed by atoms with Crippen molar-refractivity contribution in [3.05, 3.63) is 47.5 Å². The number of benzene rings is 2. The Labute approximate surface area is 189 Å². The van der Waals surface area contributed by atoms with Gasteiger partial charge in [0.05, 0.1) is 21.3 Å². The Bertz CT molecular complexity index is 911. The zero-order valence-electron chi connectivity index (χ0n) is 19.0. The Morgan fingerprint density at radius 1 is 0.969 bits per heavy atom. The lowest BCUT2D eigenvalue weighted by Crippen LogP contribution is -2.39. The summed E-state index contributed by atoms with van der Waals surface area (Å²) in [4.78, 5) is 13.2. The predicted octanol–water partition coefficient (Wildman–Crippen LogP) is 2.95. The molecule has 1 amide bonds. The molecule has 7 nitrogen and oxygen atoms in total. The van der Waals surface area contributed by atoms with Gasteiger partial charge < -0.3 is 29.7 Å². The summed E-state index contributed by atoms with van der Waals surface area (Å²) in [6.07, 6.45) is 3.23. The van der Waals surface area contributed by atoms with Crippen LogP contribution < -0.4 is 19.5 Å².